The van der Waals surface area contributed by atoms with Crippen molar-refractivity contribution in [3.63, 3.8) is 0 Å². The van der Waals surface area contributed by atoms with Crippen LogP contribution in [0.5, 0.6) is 0 Å². The fraction of sp³-hybridized carbons (Fsp3) is 0.188. The van der Waals surface area contributed by atoms with Gasteiger partial charge in [0.05, 0.1) is 0 Å². The molecule has 2 rings (SSSR count). The summed E-state index contributed by atoms with van der Waals surface area (Å²) in [5.41, 5.74) is 1.84. The van der Waals surface area contributed by atoms with Gasteiger partial charge in [-0.15, -0.1) is 0 Å². The molecule has 0 amide bonds. The standard InChI is InChI=1S/C14H12O.C2H6O/c15-14(13-9-5-2-6-10-13)11-12-7-3-1-4-8-12;1-3-2/h1-10H,11H2;1-2H3. The first-order chi connectivity index (χ1) is 8.77. The summed E-state index contributed by atoms with van der Waals surface area (Å²) in [6.07, 6.45) is 0.477. The Balaban J connectivity index is 0.000000492. The maximum atomic E-state index is 11.8. The molecule has 0 bridgehead atoms. The fourth-order valence-corrected chi connectivity index (χ4v) is 1.51. The van der Waals surface area contributed by atoms with Crippen LogP contribution in [0.25, 0.3) is 0 Å². The molecule has 2 aromatic carbocycles. The van der Waals surface area contributed by atoms with Crippen LogP contribution in [0.15, 0.2) is 60.7 Å². The lowest BCUT2D eigenvalue weighted by Crippen LogP contribution is -2.02. The first kappa shape index (κ1) is 14.1. The molecule has 0 spiro atoms. The van der Waals surface area contributed by atoms with Gasteiger partial charge in [-0.05, 0) is 5.56 Å². The van der Waals surface area contributed by atoms with Crippen LogP contribution in [0.2, 0.25) is 0 Å². The molecule has 0 fully saturated rings. The minimum absolute atomic E-state index is 0.168. The topological polar surface area (TPSA) is 26.3 Å². The van der Waals surface area contributed by atoms with E-state index in [1.165, 1.54) is 0 Å². The molecule has 0 atom stereocenters. The Kier molecular flexibility index (Phi) is 6.44. The lowest BCUT2D eigenvalue weighted by Gasteiger charge is -2.00. The summed E-state index contributed by atoms with van der Waals surface area (Å²) in [7, 11) is 3.25. The second-order valence-electron chi connectivity index (χ2n) is 3.86. The van der Waals surface area contributed by atoms with Crippen molar-refractivity contribution in [3.05, 3.63) is 71.8 Å². The largest absolute Gasteiger partial charge is 0.388 e. The third-order valence-corrected chi connectivity index (χ3v) is 2.30. The van der Waals surface area contributed by atoms with E-state index in [2.05, 4.69) is 4.74 Å². The molecule has 0 saturated heterocycles. The smallest absolute Gasteiger partial charge is 0.167 e. The van der Waals surface area contributed by atoms with Crippen LogP contribution in [-0.2, 0) is 11.2 Å². The van der Waals surface area contributed by atoms with Crippen LogP contribution in [-0.4, -0.2) is 20.0 Å². The number of methoxy groups -OCH3 is 1. The van der Waals surface area contributed by atoms with Crippen molar-refractivity contribution in [3.8, 4) is 0 Å². The second-order valence-corrected chi connectivity index (χ2v) is 3.86. The molecule has 0 N–H and O–H groups in total. The van der Waals surface area contributed by atoms with Gasteiger partial charge in [0, 0.05) is 26.2 Å². The van der Waals surface area contributed by atoms with Gasteiger partial charge in [0.15, 0.2) is 5.78 Å². The van der Waals surface area contributed by atoms with E-state index >= 15 is 0 Å². The lowest BCUT2D eigenvalue weighted by molar-refractivity contribution is 0.0993. The SMILES string of the molecule is COC.O=C(Cc1ccccc1)c1ccccc1. The van der Waals surface area contributed by atoms with E-state index in [1.807, 2.05) is 60.7 Å². The Bertz CT molecular complexity index is 449. The monoisotopic (exact) mass is 242 g/mol. The summed E-state index contributed by atoms with van der Waals surface area (Å²) in [6, 6.07) is 19.2. The number of Topliss-reactive ketones (excluding diaryl/α,β-unsaturated/α-hetero) is 1. The third-order valence-electron chi connectivity index (χ3n) is 2.30. The lowest BCUT2D eigenvalue weighted by atomic mass is 10.0. The predicted octanol–water partition coefficient (Wildman–Crippen LogP) is 3.37. The van der Waals surface area contributed by atoms with Crippen molar-refractivity contribution < 1.29 is 9.53 Å². The number of benzene rings is 2. The molecule has 0 aliphatic carbocycles. The quantitative estimate of drug-likeness (QED) is 0.771. The van der Waals surface area contributed by atoms with E-state index in [0.717, 1.165) is 11.1 Å². The Labute approximate surface area is 108 Å². The van der Waals surface area contributed by atoms with Gasteiger partial charge in [-0.1, -0.05) is 60.7 Å². The van der Waals surface area contributed by atoms with E-state index in [4.69, 9.17) is 0 Å². The number of carbonyl (C=O) groups is 1. The van der Waals surface area contributed by atoms with Gasteiger partial charge in [-0.3, -0.25) is 4.79 Å². The van der Waals surface area contributed by atoms with Gasteiger partial charge in [0.1, 0.15) is 0 Å². The molecule has 0 aromatic heterocycles. The van der Waals surface area contributed by atoms with Crippen molar-refractivity contribution in [2.45, 2.75) is 6.42 Å². The molecule has 94 valence electrons. The van der Waals surface area contributed by atoms with Crippen LogP contribution in [0, 0.1) is 0 Å². The molecule has 2 aromatic rings. The number of ether oxygens (including phenoxy) is 1. The molecule has 0 heterocycles. The molecule has 18 heavy (non-hydrogen) atoms. The highest BCUT2D eigenvalue weighted by molar-refractivity contribution is 5.97. The molecular weight excluding hydrogens is 224 g/mol. The van der Waals surface area contributed by atoms with E-state index < -0.39 is 0 Å². The minimum Gasteiger partial charge on any atom is -0.388 e. The number of rotatable bonds is 3. The number of carbonyl (C=O) groups excluding carboxylic acids is 1. The van der Waals surface area contributed by atoms with Gasteiger partial charge in [-0.25, -0.2) is 0 Å². The normalized spacial score (nSPS) is 9.22. The maximum Gasteiger partial charge on any atom is 0.167 e. The van der Waals surface area contributed by atoms with Gasteiger partial charge < -0.3 is 4.74 Å². The van der Waals surface area contributed by atoms with E-state index in [-0.39, 0.29) is 5.78 Å². The van der Waals surface area contributed by atoms with Gasteiger partial charge in [-0.2, -0.15) is 0 Å². The van der Waals surface area contributed by atoms with Gasteiger partial charge in [0.25, 0.3) is 0 Å². The molecule has 2 heteroatoms. The number of ketones is 1. The zero-order chi connectivity index (χ0) is 13.2. The summed E-state index contributed by atoms with van der Waals surface area (Å²) in [5, 5.41) is 0. The van der Waals surface area contributed by atoms with Crippen LogP contribution in [0.4, 0.5) is 0 Å². The summed E-state index contributed by atoms with van der Waals surface area (Å²) in [6.45, 7) is 0. The Morgan fingerprint density at radius 3 is 1.83 bits per heavy atom. The molecule has 0 radical (unpaired) electrons. The maximum absolute atomic E-state index is 11.8. The summed E-state index contributed by atoms with van der Waals surface area (Å²) in [5.74, 6) is 0.168. The van der Waals surface area contributed by atoms with Crippen LogP contribution >= 0.6 is 0 Å². The zero-order valence-corrected chi connectivity index (χ0v) is 10.8. The van der Waals surface area contributed by atoms with Crippen molar-refractivity contribution in [1.82, 2.24) is 0 Å². The second kappa shape index (κ2) is 8.20. The van der Waals surface area contributed by atoms with E-state index in [1.54, 1.807) is 14.2 Å². The van der Waals surface area contributed by atoms with Gasteiger partial charge in [0.2, 0.25) is 0 Å². The van der Waals surface area contributed by atoms with Crippen molar-refractivity contribution in [1.29, 1.82) is 0 Å². The fourth-order valence-electron chi connectivity index (χ4n) is 1.51. The third kappa shape index (κ3) is 4.93. The van der Waals surface area contributed by atoms with Crippen molar-refractivity contribution >= 4 is 5.78 Å². The average molecular weight is 242 g/mol. The Morgan fingerprint density at radius 1 is 0.889 bits per heavy atom. The summed E-state index contributed by atoms with van der Waals surface area (Å²) in [4.78, 5) is 11.8. The first-order valence-corrected chi connectivity index (χ1v) is 5.80. The number of hydrogen-bond acceptors (Lipinski definition) is 2. The van der Waals surface area contributed by atoms with Crippen molar-refractivity contribution in [2.24, 2.45) is 0 Å². The predicted molar refractivity (Wildman–Crippen MR) is 73.9 cm³/mol. The molecule has 0 aliphatic rings. The first-order valence-electron chi connectivity index (χ1n) is 5.80. The molecule has 2 nitrogen and oxygen atoms in total. The highest BCUT2D eigenvalue weighted by atomic mass is 16.4. The molecule has 0 unspecified atom stereocenters. The molecule has 0 aliphatic heterocycles. The number of hydrogen-bond donors (Lipinski definition) is 0. The average Bonchev–Trinajstić information content (AvgIpc) is 2.42. The van der Waals surface area contributed by atoms with Crippen LogP contribution < -0.4 is 0 Å². The molecular formula is C16H18O2. The zero-order valence-electron chi connectivity index (χ0n) is 10.8. The highest BCUT2D eigenvalue weighted by Gasteiger charge is 2.05. The van der Waals surface area contributed by atoms with E-state index in [0.29, 0.717) is 6.42 Å². The van der Waals surface area contributed by atoms with Crippen LogP contribution in [0.1, 0.15) is 15.9 Å². The Morgan fingerprint density at radius 2 is 1.33 bits per heavy atom. The van der Waals surface area contributed by atoms with Crippen molar-refractivity contribution in [2.75, 3.05) is 14.2 Å². The minimum atomic E-state index is 0.168. The van der Waals surface area contributed by atoms with Gasteiger partial charge >= 0.3 is 0 Å². The van der Waals surface area contributed by atoms with Crippen LogP contribution in [0.3, 0.4) is 0 Å². The Hall–Kier alpha value is -1.93. The van der Waals surface area contributed by atoms with E-state index in [9.17, 15) is 4.79 Å². The summed E-state index contributed by atoms with van der Waals surface area (Å²) >= 11 is 0. The summed E-state index contributed by atoms with van der Waals surface area (Å²) < 4.78 is 4.25. The molecule has 0 saturated carbocycles. The highest BCUT2D eigenvalue weighted by Crippen LogP contribution is 2.06.